The summed E-state index contributed by atoms with van der Waals surface area (Å²) >= 11 is 4.78. The largest absolute Gasteiger partial charge is 0.415 e. The molecule has 0 aromatic carbocycles. The van der Waals surface area contributed by atoms with Gasteiger partial charge < -0.3 is 4.84 Å². The van der Waals surface area contributed by atoms with Crippen molar-refractivity contribution in [3.05, 3.63) is 23.2 Å². The highest BCUT2D eigenvalue weighted by Gasteiger charge is 1.83. The fourth-order valence-corrected chi connectivity index (χ4v) is 0.679. The minimum Gasteiger partial charge on any atom is -0.415 e. The molecule has 3 nitrogen and oxygen atoms in total. The fourth-order valence-electron chi connectivity index (χ4n) is 0.483. The monoisotopic (exact) mass is 142 g/mol. The Bertz CT molecular complexity index is 245. The molecule has 0 aliphatic carbocycles. The third-order valence-electron chi connectivity index (χ3n) is 0.878. The minimum absolute atomic E-state index is 0.431. The summed E-state index contributed by atoms with van der Waals surface area (Å²) in [5.74, 6) is 0. The lowest BCUT2D eigenvalue weighted by Gasteiger charge is -1.99. The van der Waals surface area contributed by atoms with E-state index in [4.69, 9.17) is 17.1 Å². The molecule has 0 atom stereocenters. The molecule has 4 heteroatoms. The second-order valence-corrected chi connectivity index (χ2v) is 1.78. The Balaban J connectivity index is 3.16. The molecule has 0 unspecified atom stereocenters. The van der Waals surface area contributed by atoms with Gasteiger partial charge in [-0.15, -0.1) is 0 Å². The van der Waals surface area contributed by atoms with Gasteiger partial charge >= 0.3 is 0 Å². The Hall–Kier alpha value is -0.900. The van der Waals surface area contributed by atoms with Crippen LogP contribution in [0.15, 0.2) is 18.5 Å². The van der Waals surface area contributed by atoms with Crippen LogP contribution in [0.5, 0.6) is 0 Å². The van der Waals surface area contributed by atoms with Gasteiger partial charge in [-0.2, -0.15) is 4.73 Å². The van der Waals surface area contributed by atoms with Gasteiger partial charge in [0.25, 0.3) is 0 Å². The normalized spacial score (nSPS) is 9.00. The summed E-state index contributed by atoms with van der Waals surface area (Å²) in [6.45, 7) is 0. The van der Waals surface area contributed by atoms with Crippen LogP contribution in [0.2, 0.25) is 0 Å². The van der Waals surface area contributed by atoms with Gasteiger partial charge in [-0.25, -0.2) is 4.98 Å². The van der Waals surface area contributed by atoms with E-state index in [0.717, 1.165) is 0 Å². The lowest BCUT2D eigenvalue weighted by molar-refractivity contribution is 0.158. The molecule has 0 saturated heterocycles. The van der Waals surface area contributed by atoms with Crippen LogP contribution in [-0.4, -0.2) is 16.8 Å². The van der Waals surface area contributed by atoms with Crippen molar-refractivity contribution < 1.29 is 4.84 Å². The molecule has 1 aromatic rings. The molecule has 0 N–H and O–H groups in total. The molecule has 0 amide bonds. The predicted octanol–water partition coefficient (Wildman–Crippen LogP) is 0.671. The van der Waals surface area contributed by atoms with Crippen molar-refractivity contribution in [1.82, 2.24) is 9.71 Å². The Kier molecular flexibility index (Phi) is 1.79. The van der Waals surface area contributed by atoms with Crippen LogP contribution in [0, 0.1) is 4.77 Å². The first-order valence-corrected chi connectivity index (χ1v) is 2.83. The first-order valence-electron chi connectivity index (χ1n) is 2.43. The number of rotatable bonds is 1. The van der Waals surface area contributed by atoms with Crippen LogP contribution in [0.4, 0.5) is 0 Å². The van der Waals surface area contributed by atoms with Gasteiger partial charge in [0.2, 0.25) is 4.77 Å². The first kappa shape index (κ1) is 6.22. The van der Waals surface area contributed by atoms with Crippen molar-refractivity contribution >= 4 is 12.2 Å². The zero-order valence-electron chi connectivity index (χ0n) is 4.94. The Morgan fingerprint density at radius 2 is 2.56 bits per heavy atom. The molecule has 0 spiro atoms. The molecule has 48 valence electrons. The van der Waals surface area contributed by atoms with E-state index in [1.807, 2.05) is 0 Å². The summed E-state index contributed by atoms with van der Waals surface area (Å²) in [5.41, 5.74) is 0. The lowest BCUT2D eigenvalue weighted by Crippen LogP contribution is -2.07. The molecule has 0 fully saturated rings. The lowest BCUT2D eigenvalue weighted by atomic mass is 10.7. The van der Waals surface area contributed by atoms with E-state index >= 15 is 0 Å². The second-order valence-electron chi connectivity index (χ2n) is 1.41. The van der Waals surface area contributed by atoms with E-state index in [1.165, 1.54) is 11.8 Å². The van der Waals surface area contributed by atoms with E-state index in [-0.39, 0.29) is 0 Å². The van der Waals surface area contributed by atoms with E-state index in [9.17, 15) is 0 Å². The average molecular weight is 142 g/mol. The quantitative estimate of drug-likeness (QED) is 0.539. The molecular weight excluding hydrogens is 136 g/mol. The van der Waals surface area contributed by atoms with E-state index < -0.39 is 0 Å². The summed E-state index contributed by atoms with van der Waals surface area (Å²) in [6, 6.07) is 1.75. The number of nitrogens with zero attached hydrogens (tertiary/aromatic N) is 2. The molecule has 0 aliphatic rings. The maximum absolute atomic E-state index is 4.79. The van der Waals surface area contributed by atoms with Gasteiger partial charge in [-0.3, -0.25) is 0 Å². The highest BCUT2D eigenvalue weighted by Crippen LogP contribution is 1.82. The molecule has 0 saturated carbocycles. The average Bonchev–Trinajstić information content (AvgIpc) is 1.89. The number of hydrogen-bond donors (Lipinski definition) is 0. The smallest absolute Gasteiger partial charge is 0.233 e. The highest BCUT2D eigenvalue weighted by atomic mass is 32.1. The molecule has 0 aliphatic heterocycles. The third kappa shape index (κ3) is 1.26. The van der Waals surface area contributed by atoms with Crippen molar-refractivity contribution in [2.45, 2.75) is 0 Å². The SMILES string of the molecule is COn1cccnc1=S. The molecule has 1 rings (SSSR count). The van der Waals surface area contributed by atoms with Crippen molar-refractivity contribution in [3.63, 3.8) is 0 Å². The van der Waals surface area contributed by atoms with E-state index in [1.54, 1.807) is 18.5 Å². The van der Waals surface area contributed by atoms with Gasteiger partial charge in [-0.1, -0.05) is 0 Å². The highest BCUT2D eigenvalue weighted by molar-refractivity contribution is 7.71. The third-order valence-corrected chi connectivity index (χ3v) is 1.16. The van der Waals surface area contributed by atoms with Crippen molar-refractivity contribution in [3.8, 4) is 0 Å². The van der Waals surface area contributed by atoms with Crippen LogP contribution in [0.25, 0.3) is 0 Å². The maximum atomic E-state index is 4.79. The van der Waals surface area contributed by atoms with Crippen LogP contribution in [0.1, 0.15) is 0 Å². The first-order chi connectivity index (χ1) is 4.34. The van der Waals surface area contributed by atoms with Gasteiger partial charge in [0.1, 0.15) is 7.11 Å². The topological polar surface area (TPSA) is 27.1 Å². The molecule has 0 bridgehead atoms. The maximum Gasteiger partial charge on any atom is 0.233 e. The number of hydrogen-bond acceptors (Lipinski definition) is 3. The second kappa shape index (κ2) is 2.59. The number of aromatic nitrogens is 2. The minimum atomic E-state index is 0.431. The summed E-state index contributed by atoms with van der Waals surface area (Å²) in [5, 5.41) is 0. The van der Waals surface area contributed by atoms with Gasteiger partial charge in [0, 0.05) is 12.4 Å². The molecule has 9 heavy (non-hydrogen) atoms. The Labute approximate surface area is 57.9 Å². The Morgan fingerprint density at radius 1 is 1.78 bits per heavy atom. The summed E-state index contributed by atoms with van der Waals surface area (Å²) in [6.07, 6.45) is 3.33. The zero-order chi connectivity index (χ0) is 6.69. The van der Waals surface area contributed by atoms with Gasteiger partial charge in [0.05, 0.1) is 0 Å². The van der Waals surface area contributed by atoms with Gasteiger partial charge in [0.15, 0.2) is 0 Å². The van der Waals surface area contributed by atoms with Crippen LogP contribution >= 0.6 is 12.2 Å². The standard InChI is InChI=1S/C5H6N2OS/c1-8-7-4-2-3-6-5(7)9/h2-4H,1H3. The van der Waals surface area contributed by atoms with Crippen LogP contribution in [0.3, 0.4) is 0 Å². The molecule has 1 aromatic heterocycles. The molecule has 1 heterocycles. The fraction of sp³-hybridized carbons (Fsp3) is 0.200. The van der Waals surface area contributed by atoms with E-state index in [2.05, 4.69) is 4.98 Å². The summed E-state index contributed by atoms with van der Waals surface area (Å²) < 4.78 is 1.84. The predicted molar refractivity (Wildman–Crippen MR) is 35.6 cm³/mol. The zero-order valence-corrected chi connectivity index (χ0v) is 5.76. The van der Waals surface area contributed by atoms with Crippen molar-refractivity contribution in [2.24, 2.45) is 0 Å². The molecule has 0 radical (unpaired) electrons. The molecular formula is C5H6N2OS. The Morgan fingerprint density at radius 3 is 3.00 bits per heavy atom. The van der Waals surface area contributed by atoms with Crippen LogP contribution in [-0.2, 0) is 0 Å². The van der Waals surface area contributed by atoms with Crippen molar-refractivity contribution in [1.29, 1.82) is 0 Å². The summed E-state index contributed by atoms with van der Waals surface area (Å²) in [4.78, 5) is 8.60. The van der Waals surface area contributed by atoms with E-state index in [0.29, 0.717) is 4.77 Å². The van der Waals surface area contributed by atoms with Gasteiger partial charge in [-0.05, 0) is 18.3 Å². The summed E-state index contributed by atoms with van der Waals surface area (Å²) in [7, 11) is 1.54. The van der Waals surface area contributed by atoms with Crippen molar-refractivity contribution in [2.75, 3.05) is 7.11 Å². The van der Waals surface area contributed by atoms with Crippen LogP contribution < -0.4 is 4.84 Å².